The Morgan fingerprint density at radius 2 is 1.57 bits per heavy atom. The van der Waals surface area contributed by atoms with E-state index in [-0.39, 0.29) is 6.04 Å². The van der Waals surface area contributed by atoms with Crippen LogP contribution in [0.2, 0.25) is 0 Å². The van der Waals surface area contributed by atoms with Crippen LogP contribution in [-0.2, 0) is 4.74 Å². The van der Waals surface area contributed by atoms with Gasteiger partial charge in [0.1, 0.15) is 5.69 Å². The molecule has 2 aliphatic heterocycles. The highest BCUT2D eigenvalue weighted by atomic mass is 19.2. The lowest BCUT2D eigenvalue weighted by Crippen LogP contribution is -2.44. The van der Waals surface area contributed by atoms with Crippen LogP contribution in [0.5, 0.6) is 0 Å². The van der Waals surface area contributed by atoms with E-state index in [1.165, 1.54) is 4.90 Å². The maximum Gasteiger partial charge on any atom is 0.253 e. The molecule has 2 aliphatic rings. The molecule has 3 heterocycles. The van der Waals surface area contributed by atoms with Crippen molar-refractivity contribution in [2.24, 2.45) is 0 Å². The van der Waals surface area contributed by atoms with Crippen molar-refractivity contribution < 1.29 is 22.3 Å². The number of rotatable bonds is 2. The molecule has 1 aromatic heterocycles. The van der Waals surface area contributed by atoms with Crippen LogP contribution in [0.1, 0.15) is 6.42 Å². The SMILES string of the molecule is Fc1nc(F)c(F)c(N2CCC(N3CCOCC3)C2)c1F. The molecule has 0 spiro atoms. The number of ether oxygens (including phenoxy) is 1. The summed E-state index contributed by atoms with van der Waals surface area (Å²) < 4.78 is 59.1. The van der Waals surface area contributed by atoms with Crippen molar-refractivity contribution in [3.63, 3.8) is 0 Å². The molecule has 0 N–H and O–H groups in total. The Labute approximate surface area is 119 Å². The summed E-state index contributed by atoms with van der Waals surface area (Å²) in [5, 5.41) is 0. The zero-order valence-electron chi connectivity index (χ0n) is 11.3. The van der Waals surface area contributed by atoms with Gasteiger partial charge in [-0.3, -0.25) is 4.90 Å². The molecular weight excluding hydrogens is 290 g/mol. The molecule has 116 valence electrons. The number of pyridine rings is 1. The van der Waals surface area contributed by atoms with Gasteiger partial charge in [0.05, 0.1) is 13.2 Å². The lowest BCUT2D eigenvalue weighted by atomic mass is 10.2. The standard InChI is InChI=1S/C13H15F4N3O/c14-9-11(10(15)13(17)18-12(9)16)20-2-1-8(7-20)19-3-5-21-6-4-19/h8H,1-7H2. The minimum Gasteiger partial charge on any atom is -0.379 e. The summed E-state index contributed by atoms with van der Waals surface area (Å²) in [6.45, 7) is 3.43. The van der Waals surface area contributed by atoms with Crippen LogP contribution in [0.3, 0.4) is 0 Å². The summed E-state index contributed by atoms with van der Waals surface area (Å²) in [6.07, 6.45) is 0.685. The van der Waals surface area contributed by atoms with Gasteiger partial charge in [-0.15, -0.1) is 0 Å². The third kappa shape index (κ3) is 2.69. The Morgan fingerprint density at radius 3 is 2.19 bits per heavy atom. The average Bonchev–Trinajstić information content (AvgIpc) is 2.96. The van der Waals surface area contributed by atoms with Crippen LogP contribution in [0.15, 0.2) is 0 Å². The zero-order chi connectivity index (χ0) is 15.0. The van der Waals surface area contributed by atoms with E-state index in [9.17, 15) is 17.6 Å². The molecule has 2 saturated heterocycles. The fourth-order valence-electron chi connectivity index (χ4n) is 2.94. The number of aromatic nitrogens is 1. The average molecular weight is 305 g/mol. The van der Waals surface area contributed by atoms with Crippen LogP contribution < -0.4 is 4.90 Å². The van der Waals surface area contributed by atoms with Crippen molar-refractivity contribution >= 4 is 5.69 Å². The van der Waals surface area contributed by atoms with Gasteiger partial charge in [-0.05, 0) is 6.42 Å². The quantitative estimate of drug-likeness (QED) is 0.612. The van der Waals surface area contributed by atoms with E-state index in [1.54, 1.807) is 0 Å². The van der Waals surface area contributed by atoms with Crippen LogP contribution in [0, 0.1) is 23.5 Å². The van der Waals surface area contributed by atoms with Gasteiger partial charge < -0.3 is 9.64 Å². The molecule has 0 aromatic carbocycles. The number of halogens is 4. The van der Waals surface area contributed by atoms with Gasteiger partial charge in [0.25, 0.3) is 11.9 Å². The Balaban J connectivity index is 1.80. The Hall–Kier alpha value is -1.41. The van der Waals surface area contributed by atoms with E-state index in [1.807, 2.05) is 0 Å². The number of nitrogens with zero attached hydrogens (tertiary/aromatic N) is 3. The zero-order valence-corrected chi connectivity index (χ0v) is 11.3. The summed E-state index contributed by atoms with van der Waals surface area (Å²) >= 11 is 0. The number of anilines is 1. The highest BCUT2D eigenvalue weighted by Crippen LogP contribution is 2.30. The van der Waals surface area contributed by atoms with Gasteiger partial charge in [-0.1, -0.05) is 0 Å². The van der Waals surface area contributed by atoms with Gasteiger partial charge in [-0.25, -0.2) is 0 Å². The van der Waals surface area contributed by atoms with Gasteiger partial charge in [0.15, 0.2) is 0 Å². The summed E-state index contributed by atoms with van der Waals surface area (Å²) in [6, 6.07) is 0.104. The maximum atomic E-state index is 13.7. The number of hydrogen-bond donors (Lipinski definition) is 0. The highest BCUT2D eigenvalue weighted by molar-refractivity contribution is 5.49. The fourth-order valence-corrected chi connectivity index (χ4v) is 2.94. The highest BCUT2D eigenvalue weighted by Gasteiger charge is 2.33. The minimum absolute atomic E-state index is 0.104. The molecule has 0 bridgehead atoms. The van der Waals surface area contributed by atoms with Gasteiger partial charge in [0, 0.05) is 32.2 Å². The second-order valence-corrected chi connectivity index (χ2v) is 5.21. The monoisotopic (exact) mass is 305 g/mol. The summed E-state index contributed by atoms with van der Waals surface area (Å²) in [5.74, 6) is -6.09. The first kappa shape index (κ1) is 14.5. The Kier molecular flexibility index (Phi) is 3.99. The summed E-state index contributed by atoms with van der Waals surface area (Å²) in [4.78, 5) is 6.10. The second kappa shape index (κ2) is 5.76. The maximum absolute atomic E-state index is 13.7. The minimum atomic E-state index is -1.61. The number of hydrogen-bond acceptors (Lipinski definition) is 4. The predicted octanol–water partition coefficient (Wildman–Crippen LogP) is 1.55. The molecule has 1 aromatic rings. The molecule has 0 radical (unpaired) electrons. The van der Waals surface area contributed by atoms with Crippen LogP contribution in [0.4, 0.5) is 23.2 Å². The first-order chi connectivity index (χ1) is 10.1. The molecule has 1 atom stereocenters. The Morgan fingerprint density at radius 1 is 0.952 bits per heavy atom. The number of morpholine rings is 1. The molecule has 2 fully saturated rings. The molecule has 4 nitrogen and oxygen atoms in total. The van der Waals surface area contributed by atoms with E-state index in [4.69, 9.17) is 4.74 Å². The molecule has 8 heteroatoms. The molecule has 0 saturated carbocycles. The van der Waals surface area contributed by atoms with Gasteiger partial charge in [0.2, 0.25) is 11.6 Å². The summed E-state index contributed by atoms with van der Waals surface area (Å²) in [7, 11) is 0. The van der Waals surface area contributed by atoms with Crippen molar-refractivity contribution in [2.45, 2.75) is 12.5 Å². The van der Waals surface area contributed by atoms with Crippen LogP contribution >= 0.6 is 0 Å². The smallest absolute Gasteiger partial charge is 0.253 e. The Bertz CT molecular complexity index is 510. The van der Waals surface area contributed by atoms with Crippen LogP contribution in [0.25, 0.3) is 0 Å². The lowest BCUT2D eigenvalue weighted by Gasteiger charge is -2.32. The van der Waals surface area contributed by atoms with Gasteiger partial charge >= 0.3 is 0 Å². The first-order valence-electron chi connectivity index (χ1n) is 6.84. The topological polar surface area (TPSA) is 28.6 Å². The predicted molar refractivity (Wildman–Crippen MR) is 67.1 cm³/mol. The summed E-state index contributed by atoms with van der Waals surface area (Å²) in [5.41, 5.74) is -0.657. The molecule has 0 amide bonds. The first-order valence-corrected chi connectivity index (χ1v) is 6.84. The van der Waals surface area contributed by atoms with Crippen molar-refractivity contribution in [3.05, 3.63) is 23.5 Å². The fraction of sp³-hybridized carbons (Fsp3) is 0.615. The third-order valence-electron chi connectivity index (χ3n) is 4.02. The lowest BCUT2D eigenvalue weighted by molar-refractivity contribution is 0.0209. The second-order valence-electron chi connectivity index (χ2n) is 5.21. The largest absolute Gasteiger partial charge is 0.379 e. The van der Waals surface area contributed by atoms with Gasteiger partial charge in [-0.2, -0.15) is 22.5 Å². The van der Waals surface area contributed by atoms with Crippen LogP contribution in [-0.4, -0.2) is 55.3 Å². The normalized spacial score (nSPS) is 23.8. The van der Waals surface area contributed by atoms with Crippen molar-refractivity contribution in [1.29, 1.82) is 0 Å². The molecular formula is C13H15F4N3O. The van der Waals surface area contributed by atoms with E-state index < -0.39 is 29.2 Å². The van der Waals surface area contributed by atoms with E-state index in [0.717, 1.165) is 13.1 Å². The van der Waals surface area contributed by atoms with E-state index >= 15 is 0 Å². The third-order valence-corrected chi connectivity index (χ3v) is 4.02. The van der Waals surface area contributed by atoms with E-state index in [2.05, 4.69) is 9.88 Å². The van der Waals surface area contributed by atoms with Crippen molar-refractivity contribution in [1.82, 2.24) is 9.88 Å². The van der Waals surface area contributed by atoms with Crippen molar-refractivity contribution in [3.8, 4) is 0 Å². The van der Waals surface area contributed by atoms with Crippen molar-refractivity contribution in [2.75, 3.05) is 44.3 Å². The molecule has 1 unspecified atom stereocenters. The molecule has 21 heavy (non-hydrogen) atoms. The van der Waals surface area contributed by atoms with E-state index in [0.29, 0.717) is 32.7 Å². The molecule has 0 aliphatic carbocycles. The molecule has 3 rings (SSSR count).